The highest BCUT2D eigenvalue weighted by atomic mass is 35.5. The SMILES string of the molecule is Cc1cnc(Cl)c(NC(C)CC2CCCCN2)c1. The van der Waals surface area contributed by atoms with Crippen LogP contribution in [-0.4, -0.2) is 23.6 Å². The molecule has 0 aliphatic carbocycles. The van der Waals surface area contributed by atoms with Crippen LogP contribution in [-0.2, 0) is 0 Å². The Labute approximate surface area is 114 Å². The van der Waals surface area contributed by atoms with Crippen molar-refractivity contribution in [2.24, 2.45) is 0 Å². The summed E-state index contributed by atoms with van der Waals surface area (Å²) in [5.74, 6) is 0. The van der Waals surface area contributed by atoms with Crippen molar-refractivity contribution in [1.29, 1.82) is 0 Å². The Morgan fingerprint density at radius 1 is 1.56 bits per heavy atom. The van der Waals surface area contributed by atoms with E-state index in [1.165, 1.54) is 19.3 Å². The van der Waals surface area contributed by atoms with Gasteiger partial charge in [0, 0.05) is 18.3 Å². The lowest BCUT2D eigenvalue weighted by molar-refractivity contribution is 0.371. The minimum atomic E-state index is 0.404. The summed E-state index contributed by atoms with van der Waals surface area (Å²) in [4.78, 5) is 4.17. The van der Waals surface area contributed by atoms with E-state index in [-0.39, 0.29) is 0 Å². The largest absolute Gasteiger partial charge is 0.380 e. The van der Waals surface area contributed by atoms with Crippen LogP contribution < -0.4 is 10.6 Å². The molecule has 0 amide bonds. The summed E-state index contributed by atoms with van der Waals surface area (Å²) in [5.41, 5.74) is 2.07. The first-order valence-electron chi connectivity index (χ1n) is 6.77. The highest BCUT2D eigenvalue weighted by Crippen LogP contribution is 2.22. The van der Waals surface area contributed by atoms with Crippen molar-refractivity contribution in [2.45, 2.75) is 51.6 Å². The van der Waals surface area contributed by atoms with Crippen molar-refractivity contribution >= 4 is 17.3 Å². The van der Waals surface area contributed by atoms with E-state index in [9.17, 15) is 0 Å². The zero-order valence-corrected chi connectivity index (χ0v) is 11.9. The van der Waals surface area contributed by atoms with E-state index < -0.39 is 0 Å². The number of hydrogen-bond acceptors (Lipinski definition) is 3. The normalized spacial score (nSPS) is 21.6. The Bertz CT molecular complexity index is 389. The molecule has 100 valence electrons. The monoisotopic (exact) mass is 267 g/mol. The first-order valence-corrected chi connectivity index (χ1v) is 7.15. The molecule has 0 aromatic carbocycles. The van der Waals surface area contributed by atoms with Crippen LogP contribution in [0.15, 0.2) is 12.3 Å². The fraction of sp³-hybridized carbons (Fsp3) is 0.643. The second kappa shape index (κ2) is 6.39. The van der Waals surface area contributed by atoms with Crippen molar-refractivity contribution in [3.8, 4) is 0 Å². The Hall–Kier alpha value is -0.800. The van der Waals surface area contributed by atoms with Crippen LogP contribution in [0.1, 0.15) is 38.2 Å². The third-order valence-corrected chi connectivity index (χ3v) is 3.73. The summed E-state index contributed by atoms with van der Waals surface area (Å²) in [5, 5.41) is 7.60. The van der Waals surface area contributed by atoms with Crippen molar-refractivity contribution < 1.29 is 0 Å². The van der Waals surface area contributed by atoms with Gasteiger partial charge in [0.25, 0.3) is 0 Å². The molecule has 3 nitrogen and oxygen atoms in total. The maximum atomic E-state index is 6.09. The number of halogens is 1. The van der Waals surface area contributed by atoms with Gasteiger partial charge in [-0.1, -0.05) is 18.0 Å². The molecule has 2 unspecified atom stereocenters. The van der Waals surface area contributed by atoms with Gasteiger partial charge in [-0.2, -0.15) is 0 Å². The highest BCUT2D eigenvalue weighted by molar-refractivity contribution is 6.31. The van der Waals surface area contributed by atoms with Crippen molar-refractivity contribution in [1.82, 2.24) is 10.3 Å². The molecule has 0 radical (unpaired) electrons. The van der Waals surface area contributed by atoms with Crippen LogP contribution in [0.5, 0.6) is 0 Å². The first-order chi connectivity index (χ1) is 8.65. The number of piperidine rings is 1. The summed E-state index contributed by atoms with van der Waals surface area (Å²) in [7, 11) is 0. The third-order valence-electron chi connectivity index (χ3n) is 3.43. The fourth-order valence-corrected chi connectivity index (χ4v) is 2.69. The topological polar surface area (TPSA) is 37.0 Å². The number of aryl methyl sites for hydroxylation is 1. The molecule has 1 aromatic rings. The van der Waals surface area contributed by atoms with Gasteiger partial charge in [-0.05, 0) is 51.3 Å². The number of rotatable bonds is 4. The molecule has 2 N–H and O–H groups in total. The van der Waals surface area contributed by atoms with E-state index in [0.717, 1.165) is 24.2 Å². The van der Waals surface area contributed by atoms with E-state index in [2.05, 4.69) is 28.6 Å². The lowest BCUT2D eigenvalue weighted by atomic mass is 9.99. The predicted octanol–water partition coefficient (Wildman–Crippen LogP) is 3.38. The van der Waals surface area contributed by atoms with Crippen molar-refractivity contribution in [2.75, 3.05) is 11.9 Å². The fourth-order valence-electron chi connectivity index (χ4n) is 2.53. The lowest BCUT2D eigenvalue weighted by Crippen LogP contribution is -2.37. The van der Waals surface area contributed by atoms with Crippen molar-refractivity contribution in [3.63, 3.8) is 0 Å². The number of pyridine rings is 1. The van der Waals surface area contributed by atoms with Gasteiger partial charge in [-0.3, -0.25) is 0 Å². The average molecular weight is 268 g/mol. The molecule has 1 aliphatic rings. The maximum Gasteiger partial charge on any atom is 0.152 e. The van der Waals surface area contributed by atoms with Gasteiger partial charge in [0.2, 0.25) is 0 Å². The Morgan fingerprint density at radius 2 is 2.39 bits per heavy atom. The van der Waals surface area contributed by atoms with E-state index in [1.807, 2.05) is 6.92 Å². The molecule has 1 aliphatic heterocycles. The van der Waals surface area contributed by atoms with E-state index >= 15 is 0 Å². The van der Waals surface area contributed by atoms with Gasteiger partial charge in [-0.15, -0.1) is 0 Å². The maximum absolute atomic E-state index is 6.09. The van der Waals surface area contributed by atoms with Crippen LogP contribution in [0, 0.1) is 6.92 Å². The molecule has 0 spiro atoms. The molecule has 0 bridgehead atoms. The summed E-state index contributed by atoms with van der Waals surface area (Å²) >= 11 is 6.09. The highest BCUT2D eigenvalue weighted by Gasteiger charge is 2.16. The van der Waals surface area contributed by atoms with Gasteiger partial charge in [0.15, 0.2) is 5.15 Å². The predicted molar refractivity (Wildman–Crippen MR) is 77.3 cm³/mol. The molecular formula is C14H22ClN3. The van der Waals surface area contributed by atoms with Gasteiger partial charge in [-0.25, -0.2) is 4.98 Å². The van der Waals surface area contributed by atoms with Crippen molar-refractivity contribution in [3.05, 3.63) is 23.0 Å². The molecule has 2 heterocycles. The molecule has 18 heavy (non-hydrogen) atoms. The molecule has 1 fully saturated rings. The Kier molecular flexibility index (Phi) is 4.84. The average Bonchev–Trinajstić information content (AvgIpc) is 2.35. The number of anilines is 1. The zero-order chi connectivity index (χ0) is 13.0. The Morgan fingerprint density at radius 3 is 3.11 bits per heavy atom. The minimum absolute atomic E-state index is 0.404. The zero-order valence-electron chi connectivity index (χ0n) is 11.2. The van der Waals surface area contributed by atoms with Crippen LogP contribution in [0.4, 0.5) is 5.69 Å². The summed E-state index contributed by atoms with van der Waals surface area (Å²) < 4.78 is 0. The second-order valence-electron chi connectivity index (χ2n) is 5.28. The van der Waals surface area contributed by atoms with Crippen LogP contribution in [0.2, 0.25) is 5.15 Å². The van der Waals surface area contributed by atoms with Crippen LogP contribution >= 0.6 is 11.6 Å². The summed E-state index contributed by atoms with van der Waals surface area (Å²) in [6.07, 6.45) is 6.86. The first kappa shape index (κ1) is 13.6. The lowest BCUT2D eigenvalue weighted by Gasteiger charge is -2.27. The van der Waals surface area contributed by atoms with Gasteiger partial charge < -0.3 is 10.6 Å². The van der Waals surface area contributed by atoms with Gasteiger partial charge in [0.05, 0.1) is 5.69 Å². The molecule has 2 atom stereocenters. The minimum Gasteiger partial charge on any atom is -0.380 e. The van der Waals surface area contributed by atoms with E-state index in [0.29, 0.717) is 17.2 Å². The summed E-state index contributed by atoms with van der Waals surface area (Å²) in [6, 6.07) is 3.10. The molecular weight excluding hydrogens is 246 g/mol. The van der Waals surface area contributed by atoms with Gasteiger partial charge >= 0.3 is 0 Å². The van der Waals surface area contributed by atoms with Gasteiger partial charge in [0.1, 0.15) is 0 Å². The quantitative estimate of drug-likeness (QED) is 0.822. The smallest absolute Gasteiger partial charge is 0.152 e. The molecule has 4 heteroatoms. The number of aromatic nitrogens is 1. The molecule has 1 saturated heterocycles. The molecule has 0 saturated carbocycles. The number of hydrogen-bond donors (Lipinski definition) is 2. The second-order valence-corrected chi connectivity index (χ2v) is 5.64. The van der Waals surface area contributed by atoms with Crippen LogP contribution in [0.25, 0.3) is 0 Å². The Balaban J connectivity index is 1.89. The standard InChI is InChI=1S/C14H22ClN3/c1-10-7-13(14(15)17-9-10)18-11(2)8-12-5-3-4-6-16-12/h7,9,11-12,16,18H,3-6,8H2,1-2H3. The number of nitrogens with one attached hydrogen (secondary N) is 2. The third kappa shape index (κ3) is 3.85. The van der Waals surface area contributed by atoms with E-state index in [4.69, 9.17) is 11.6 Å². The summed E-state index contributed by atoms with van der Waals surface area (Å²) in [6.45, 7) is 5.39. The van der Waals surface area contributed by atoms with E-state index in [1.54, 1.807) is 6.20 Å². The molecule has 2 rings (SSSR count). The molecule has 1 aromatic heterocycles. The number of nitrogens with zero attached hydrogens (tertiary/aromatic N) is 1. The van der Waals surface area contributed by atoms with Crippen LogP contribution in [0.3, 0.4) is 0 Å².